The van der Waals surface area contributed by atoms with Gasteiger partial charge in [-0.15, -0.1) is 18.5 Å². The van der Waals surface area contributed by atoms with Crippen molar-refractivity contribution in [2.75, 3.05) is 0 Å². The number of benzene rings is 1. The standard InChI is InChI=1S/C11H10Br2P2/c12-8-7(6-4-2-1-3-5-6)10(14)11(15)9(8)13/h1-5,7H,14-15H2. The van der Waals surface area contributed by atoms with Crippen LogP contribution in [0.15, 0.2) is 49.9 Å². The van der Waals surface area contributed by atoms with Crippen LogP contribution in [0.5, 0.6) is 0 Å². The number of rotatable bonds is 1. The fourth-order valence-corrected chi connectivity index (χ4v) is 4.32. The van der Waals surface area contributed by atoms with Crippen LogP contribution in [0, 0.1) is 0 Å². The number of allylic oxidation sites excluding steroid dienone is 4. The summed E-state index contributed by atoms with van der Waals surface area (Å²) in [4.78, 5) is 0. The molecule has 78 valence electrons. The van der Waals surface area contributed by atoms with Gasteiger partial charge in [-0.2, -0.15) is 0 Å². The average Bonchev–Trinajstić information content (AvgIpc) is 2.45. The second kappa shape index (κ2) is 4.80. The summed E-state index contributed by atoms with van der Waals surface area (Å²) >= 11 is 7.24. The predicted molar refractivity (Wildman–Crippen MR) is 80.5 cm³/mol. The van der Waals surface area contributed by atoms with Crippen LogP contribution in [0.2, 0.25) is 0 Å². The molecule has 4 heteroatoms. The lowest BCUT2D eigenvalue weighted by Crippen LogP contribution is -1.94. The number of halogens is 2. The first-order valence-corrected chi connectivity index (χ1v) is 7.22. The Kier molecular flexibility index (Phi) is 3.83. The summed E-state index contributed by atoms with van der Waals surface area (Å²) in [6.07, 6.45) is 0. The van der Waals surface area contributed by atoms with Gasteiger partial charge in [0.1, 0.15) is 0 Å². The molecular formula is C11H10Br2P2. The zero-order chi connectivity index (χ0) is 11.0. The molecule has 0 radical (unpaired) electrons. The molecule has 0 amide bonds. The van der Waals surface area contributed by atoms with Gasteiger partial charge in [0.05, 0.1) is 0 Å². The Morgan fingerprint density at radius 2 is 1.60 bits per heavy atom. The first kappa shape index (κ1) is 12.0. The molecule has 15 heavy (non-hydrogen) atoms. The van der Waals surface area contributed by atoms with E-state index in [1.54, 1.807) is 0 Å². The second-order valence-electron chi connectivity index (χ2n) is 3.37. The zero-order valence-corrected chi connectivity index (χ0v) is 13.4. The third-order valence-electron chi connectivity index (χ3n) is 2.45. The van der Waals surface area contributed by atoms with Gasteiger partial charge in [-0.3, -0.25) is 0 Å². The first-order chi connectivity index (χ1) is 7.13. The second-order valence-corrected chi connectivity index (χ2v) is 6.22. The summed E-state index contributed by atoms with van der Waals surface area (Å²) in [5.41, 5.74) is 1.31. The Hall–Kier alpha value is 0.520. The van der Waals surface area contributed by atoms with Crippen LogP contribution in [0.4, 0.5) is 0 Å². The lowest BCUT2D eigenvalue weighted by molar-refractivity contribution is 1.07. The van der Waals surface area contributed by atoms with Gasteiger partial charge in [-0.25, -0.2) is 0 Å². The van der Waals surface area contributed by atoms with E-state index >= 15 is 0 Å². The van der Waals surface area contributed by atoms with Crippen LogP contribution < -0.4 is 0 Å². The van der Waals surface area contributed by atoms with E-state index in [2.05, 4.69) is 74.6 Å². The molecule has 2 rings (SSSR count). The lowest BCUT2D eigenvalue weighted by atomic mass is 10.0. The average molecular weight is 364 g/mol. The summed E-state index contributed by atoms with van der Waals surface area (Å²) in [6.45, 7) is 0. The lowest BCUT2D eigenvalue weighted by Gasteiger charge is -2.13. The van der Waals surface area contributed by atoms with E-state index in [1.165, 1.54) is 20.7 Å². The molecule has 3 unspecified atom stereocenters. The normalized spacial score (nSPS) is 21.5. The fourth-order valence-electron chi connectivity index (χ4n) is 1.65. The highest BCUT2D eigenvalue weighted by molar-refractivity contribution is 9.14. The van der Waals surface area contributed by atoms with E-state index in [4.69, 9.17) is 0 Å². The number of hydrogen-bond donors (Lipinski definition) is 0. The van der Waals surface area contributed by atoms with Crippen LogP contribution in [0.3, 0.4) is 0 Å². The third kappa shape index (κ3) is 2.15. The number of hydrogen-bond acceptors (Lipinski definition) is 0. The molecule has 0 bridgehead atoms. The predicted octanol–water partition coefficient (Wildman–Crippen LogP) is 4.75. The maximum absolute atomic E-state index is 3.65. The van der Waals surface area contributed by atoms with Gasteiger partial charge >= 0.3 is 0 Å². The molecule has 0 aliphatic heterocycles. The van der Waals surface area contributed by atoms with Gasteiger partial charge in [0, 0.05) is 14.9 Å². The van der Waals surface area contributed by atoms with Crippen LogP contribution in [0.25, 0.3) is 0 Å². The molecule has 1 aliphatic rings. The molecule has 0 N–H and O–H groups in total. The Bertz CT molecular complexity index is 425. The van der Waals surface area contributed by atoms with Crippen LogP contribution in [0.1, 0.15) is 11.5 Å². The third-order valence-corrected chi connectivity index (χ3v) is 6.72. The summed E-state index contributed by atoms with van der Waals surface area (Å²) < 4.78 is 2.34. The van der Waals surface area contributed by atoms with Gasteiger partial charge in [0.25, 0.3) is 0 Å². The van der Waals surface area contributed by atoms with Crippen LogP contribution in [-0.4, -0.2) is 0 Å². The van der Waals surface area contributed by atoms with Gasteiger partial charge < -0.3 is 0 Å². The molecule has 0 saturated heterocycles. The van der Waals surface area contributed by atoms with E-state index in [0.717, 1.165) is 4.48 Å². The highest BCUT2D eigenvalue weighted by atomic mass is 79.9. The van der Waals surface area contributed by atoms with Crippen molar-refractivity contribution in [3.8, 4) is 0 Å². The Balaban J connectivity index is 2.50. The van der Waals surface area contributed by atoms with Crippen molar-refractivity contribution >= 4 is 50.3 Å². The first-order valence-electron chi connectivity index (χ1n) is 4.48. The van der Waals surface area contributed by atoms with Crippen molar-refractivity contribution in [2.45, 2.75) is 5.92 Å². The highest BCUT2D eigenvalue weighted by Gasteiger charge is 2.28. The minimum Gasteiger partial charge on any atom is -0.108 e. The van der Waals surface area contributed by atoms with Crippen molar-refractivity contribution in [3.05, 3.63) is 55.5 Å². The van der Waals surface area contributed by atoms with E-state index in [0.29, 0.717) is 5.92 Å². The maximum Gasteiger partial charge on any atom is 0.0423 e. The minimum atomic E-state index is 0.332. The zero-order valence-electron chi connectivity index (χ0n) is 7.87. The topological polar surface area (TPSA) is 0 Å². The van der Waals surface area contributed by atoms with Crippen molar-refractivity contribution in [1.29, 1.82) is 0 Å². The molecule has 1 aromatic rings. The van der Waals surface area contributed by atoms with Gasteiger partial charge in [0.15, 0.2) is 0 Å². The van der Waals surface area contributed by atoms with Crippen LogP contribution >= 0.6 is 50.3 Å². The fraction of sp³-hybridized carbons (Fsp3) is 0.0909. The summed E-state index contributed by atoms with van der Waals surface area (Å²) in [5.74, 6) is 0.332. The molecule has 0 spiro atoms. The van der Waals surface area contributed by atoms with Gasteiger partial charge in [-0.05, 0) is 32.1 Å². The smallest absolute Gasteiger partial charge is 0.0423 e. The SMILES string of the molecule is PC1=C(P)C(c2ccccc2)C(Br)=C1Br. The van der Waals surface area contributed by atoms with Crippen LogP contribution in [-0.2, 0) is 0 Å². The highest BCUT2D eigenvalue weighted by Crippen LogP contribution is 2.52. The van der Waals surface area contributed by atoms with Crippen molar-refractivity contribution < 1.29 is 0 Å². The molecule has 1 aliphatic carbocycles. The Morgan fingerprint density at radius 1 is 1.00 bits per heavy atom. The van der Waals surface area contributed by atoms with E-state index in [9.17, 15) is 0 Å². The molecule has 0 heterocycles. The summed E-state index contributed by atoms with van der Waals surface area (Å²) in [5, 5.41) is 2.52. The van der Waals surface area contributed by atoms with Gasteiger partial charge in [-0.1, -0.05) is 46.3 Å². The van der Waals surface area contributed by atoms with Gasteiger partial charge in [0.2, 0.25) is 0 Å². The van der Waals surface area contributed by atoms with Crippen molar-refractivity contribution in [2.24, 2.45) is 0 Å². The molecule has 0 aromatic heterocycles. The molecule has 0 nitrogen and oxygen atoms in total. The monoisotopic (exact) mass is 362 g/mol. The maximum atomic E-state index is 3.65. The summed E-state index contributed by atoms with van der Waals surface area (Å²) in [6, 6.07) is 10.5. The van der Waals surface area contributed by atoms with E-state index < -0.39 is 0 Å². The molecule has 3 atom stereocenters. The van der Waals surface area contributed by atoms with Crippen molar-refractivity contribution in [1.82, 2.24) is 0 Å². The molecular weight excluding hydrogens is 354 g/mol. The quantitative estimate of drug-likeness (QED) is 0.632. The van der Waals surface area contributed by atoms with E-state index in [1.807, 2.05) is 6.07 Å². The Labute approximate surface area is 111 Å². The summed E-state index contributed by atoms with van der Waals surface area (Å²) in [7, 11) is 5.60. The van der Waals surface area contributed by atoms with Crippen molar-refractivity contribution in [3.63, 3.8) is 0 Å². The van der Waals surface area contributed by atoms with E-state index in [-0.39, 0.29) is 0 Å². The molecule has 0 saturated carbocycles. The molecule has 0 fully saturated rings. The minimum absolute atomic E-state index is 0.332. The molecule has 1 aromatic carbocycles. The largest absolute Gasteiger partial charge is 0.108 e. The Morgan fingerprint density at radius 3 is 2.07 bits per heavy atom.